The topological polar surface area (TPSA) is 73.7 Å². The second kappa shape index (κ2) is 6.33. The largest absolute Gasteiger partial charge is 0.473 e. The Labute approximate surface area is 109 Å². The lowest BCUT2D eigenvalue weighted by atomic mass is 9.96. The van der Waals surface area contributed by atoms with E-state index in [1.807, 2.05) is 0 Å². The minimum atomic E-state index is -6.34. The number of rotatable bonds is 7. The third-order valence-electron chi connectivity index (χ3n) is 2.20. The number of aliphatic carboxylic acids is 1. The van der Waals surface area contributed by atoms with E-state index < -0.39 is 48.5 Å². The average Bonchev–Trinajstić information content (AvgIpc) is 2.36. The molecule has 0 spiro atoms. The van der Waals surface area contributed by atoms with Crippen LogP contribution in [0.2, 0.25) is 0 Å². The molecule has 21 heavy (non-hydrogen) atoms. The van der Waals surface area contributed by atoms with Gasteiger partial charge in [0.15, 0.2) is 6.17 Å². The van der Waals surface area contributed by atoms with Crippen LogP contribution in [-0.2, 0) is 4.79 Å². The highest BCUT2D eigenvalue weighted by atomic mass is 19.3. The monoisotopic (exact) mass is 332 g/mol. The lowest BCUT2D eigenvalue weighted by molar-refractivity contribution is -0.270. The Balaban J connectivity index is 5.66. The lowest BCUT2D eigenvalue weighted by Gasteiger charge is -2.30. The van der Waals surface area contributed by atoms with Crippen LogP contribution >= 0.6 is 0 Å². The number of hydrogen-bond acceptors (Lipinski definition) is 1. The van der Waals surface area contributed by atoms with Gasteiger partial charge in [-0.25, -0.2) is 26.7 Å². The van der Waals surface area contributed by atoms with Crippen molar-refractivity contribution in [1.29, 1.82) is 0 Å². The predicted octanol–water partition coefficient (Wildman–Crippen LogP) is 2.29. The number of nitrogens with zero attached hydrogens (tertiary/aromatic N) is 2. The molecule has 0 aromatic carbocycles. The number of hydrogen-bond donors (Lipinski definition) is 1. The maximum atomic E-state index is 13.0. The Morgan fingerprint density at radius 3 is 1.71 bits per heavy atom. The molecule has 1 N–H and O–H groups in total. The van der Waals surface area contributed by atoms with Crippen LogP contribution < -0.4 is 0 Å². The normalized spacial score (nSPS) is 17.0. The molecule has 0 aliphatic heterocycles. The van der Waals surface area contributed by atoms with Crippen molar-refractivity contribution >= 4 is 11.7 Å². The van der Waals surface area contributed by atoms with E-state index in [0.29, 0.717) is 0 Å². The summed E-state index contributed by atoms with van der Waals surface area (Å²) in [5.74, 6) is -15.3. The highest BCUT2D eigenvalue weighted by molar-refractivity contribution is 6.35. The summed E-state index contributed by atoms with van der Waals surface area (Å²) in [5, 5.41) is 8.11. The molecule has 0 saturated heterocycles. The Morgan fingerprint density at radius 2 is 1.43 bits per heavy atom. The molecule has 0 radical (unpaired) electrons. The van der Waals surface area contributed by atoms with Gasteiger partial charge in [0.05, 0.1) is 0 Å². The summed E-state index contributed by atoms with van der Waals surface area (Å²) < 4.78 is 114. The van der Waals surface area contributed by atoms with Gasteiger partial charge in [0.25, 0.3) is 12.6 Å². The predicted molar refractivity (Wildman–Crippen MR) is 46.8 cm³/mol. The molecular weight excluding hydrogens is 327 g/mol. The molecule has 0 bridgehead atoms. The Kier molecular flexibility index (Phi) is 5.79. The number of carboxylic acid groups (broad SMARTS) is 1. The minimum Gasteiger partial charge on any atom is -0.473 e. The van der Waals surface area contributed by atoms with E-state index >= 15 is 0 Å². The fraction of sp³-hybridized carbons (Fsp3) is 0.750. The summed E-state index contributed by atoms with van der Waals surface area (Å²) in [4.78, 5) is 11.6. The second-order valence-corrected chi connectivity index (χ2v) is 3.58. The lowest BCUT2D eigenvalue weighted by Crippen LogP contribution is -2.59. The number of alkyl halides is 9. The molecule has 13 heteroatoms. The van der Waals surface area contributed by atoms with Crippen LogP contribution in [0.5, 0.6) is 0 Å². The molecule has 0 saturated carbocycles. The standard InChI is InChI=1S/C8H5F9N2O2/c9-1(5(12)13)3(10)7(14,15)8(16,17)4(11)2(19-18)6(20)21/h1,3-5H,(H,20,21). The zero-order valence-corrected chi connectivity index (χ0v) is 9.46. The molecule has 4 nitrogen and oxygen atoms in total. The Morgan fingerprint density at radius 1 is 1.00 bits per heavy atom. The van der Waals surface area contributed by atoms with E-state index in [2.05, 4.69) is 0 Å². The molecule has 3 unspecified atom stereocenters. The average molecular weight is 332 g/mol. The summed E-state index contributed by atoms with van der Waals surface area (Å²) in [5.41, 5.74) is 5.39. The van der Waals surface area contributed by atoms with Gasteiger partial charge in [-0.1, -0.05) is 0 Å². The van der Waals surface area contributed by atoms with Crippen molar-refractivity contribution in [3.8, 4) is 0 Å². The van der Waals surface area contributed by atoms with Crippen molar-refractivity contribution in [3.05, 3.63) is 5.53 Å². The van der Waals surface area contributed by atoms with E-state index in [4.69, 9.17) is 10.6 Å². The van der Waals surface area contributed by atoms with Gasteiger partial charge in [-0.3, -0.25) is 0 Å². The van der Waals surface area contributed by atoms with E-state index in [1.165, 1.54) is 4.79 Å². The van der Waals surface area contributed by atoms with Gasteiger partial charge in [0, 0.05) is 0 Å². The van der Waals surface area contributed by atoms with Crippen molar-refractivity contribution in [2.45, 2.75) is 36.8 Å². The van der Waals surface area contributed by atoms with Gasteiger partial charge < -0.3 is 10.6 Å². The first-order valence-corrected chi connectivity index (χ1v) is 4.73. The fourth-order valence-electron chi connectivity index (χ4n) is 1.05. The van der Waals surface area contributed by atoms with Crippen molar-refractivity contribution in [2.24, 2.45) is 0 Å². The Hall–Kier alpha value is -1.78. The molecule has 0 amide bonds. The molecule has 122 valence electrons. The van der Waals surface area contributed by atoms with Crippen molar-refractivity contribution in [1.82, 2.24) is 0 Å². The van der Waals surface area contributed by atoms with Crippen LogP contribution in [0.15, 0.2) is 0 Å². The Bertz CT molecular complexity index is 449. The molecule has 0 aromatic rings. The molecule has 0 aliphatic carbocycles. The molecule has 0 rings (SSSR count). The second-order valence-electron chi connectivity index (χ2n) is 3.58. The van der Waals surface area contributed by atoms with Crippen LogP contribution in [0.1, 0.15) is 0 Å². The summed E-state index contributed by atoms with van der Waals surface area (Å²) >= 11 is 0. The molecule has 0 aliphatic rings. The number of carboxylic acids is 1. The molecule has 0 aromatic heterocycles. The van der Waals surface area contributed by atoms with Crippen LogP contribution in [0.4, 0.5) is 39.5 Å². The zero-order chi connectivity index (χ0) is 17.2. The number of carbonyl (C=O) groups is 1. The first-order chi connectivity index (χ1) is 9.32. The van der Waals surface area contributed by atoms with Crippen molar-refractivity contribution in [3.63, 3.8) is 0 Å². The van der Waals surface area contributed by atoms with Gasteiger partial charge in [0.1, 0.15) is 0 Å². The SMILES string of the molecule is [N-]=[N+]=C(C(=O)O)C(F)C(F)(F)C(F)(F)C(F)C(F)C(F)F. The summed E-state index contributed by atoms with van der Waals surface area (Å²) in [6.07, 6.45) is -18.2. The van der Waals surface area contributed by atoms with Gasteiger partial charge in [0.2, 0.25) is 6.17 Å². The van der Waals surface area contributed by atoms with Crippen LogP contribution in [0, 0.1) is 0 Å². The first-order valence-electron chi connectivity index (χ1n) is 4.73. The molecule has 3 atom stereocenters. The van der Waals surface area contributed by atoms with Gasteiger partial charge in [-0.15, -0.1) is 0 Å². The van der Waals surface area contributed by atoms with Crippen LogP contribution in [0.3, 0.4) is 0 Å². The van der Waals surface area contributed by atoms with Crippen LogP contribution in [-0.4, -0.2) is 58.4 Å². The zero-order valence-electron chi connectivity index (χ0n) is 9.46. The van der Waals surface area contributed by atoms with E-state index in [0.717, 1.165) is 0 Å². The summed E-state index contributed by atoms with van der Waals surface area (Å²) in [6, 6.07) is 0. The van der Waals surface area contributed by atoms with E-state index in [1.54, 1.807) is 0 Å². The van der Waals surface area contributed by atoms with Crippen molar-refractivity contribution in [2.75, 3.05) is 0 Å². The molecular formula is C8H5F9N2O2. The quantitative estimate of drug-likeness (QED) is 0.336. The number of halogens is 9. The van der Waals surface area contributed by atoms with E-state index in [-0.39, 0.29) is 0 Å². The molecule has 0 heterocycles. The minimum absolute atomic E-state index is 1.47. The van der Waals surface area contributed by atoms with Gasteiger partial charge in [-0.05, 0) is 0 Å². The van der Waals surface area contributed by atoms with Gasteiger partial charge in [-0.2, -0.15) is 22.4 Å². The van der Waals surface area contributed by atoms with Crippen molar-refractivity contribution < 1.29 is 54.2 Å². The smallest absolute Gasteiger partial charge is 0.418 e. The van der Waals surface area contributed by atoms with Gasteiger partial charge >= 0.3 is 23.5 Å². The molecule has 0 fully saturated rings. The summed E-state index contributed by atoms with van der Waals surface area (Å²) in [7, 11) is 0. The third-order valence-corrected chi connectivity index (χ3v) is 2.20. The highest BCUT2D eigenvalue weighted by Gasteiger charge is 2.72. The maximum absolute atomic E-state index is 13.0. The fourth-order valence-corrected chi connectivity index (χ4v) is 1.05. The maximum Gasteiger partial charge on any atom is 0.418 e. The van der Waals surface area contributed by atoms with E-state index in [9.17, 15) is 44.3 Å². The third kappa shape index (κ3) is 3.46. The first kappa shape index (κ1) is 19.2. The van der Waals surface area contributed by atoms with Crippen LogP contribution in [0.25, 0.3) is 5.53 Å². The highest BCUT2D eigenvalue weighted by Crippen LogP contribution is 2.44. The summed E-state index contributed by atoms with van der Waals surface area (Å²) in [6.45, 7) is 0.